The molecule has 0 saturated heterocycles. The number of carbonyl (C=O) groups is 1. The molecule has 8 heteroatoms. The number of carbonyl (C=O) groups excluding carboxylic acids is 1. The van der Waals surface area contributed by atoms with Crippen LogP contribution >= 0.6 is 11.3 Å². The maximum Gasteiger partial charge on any atom is 0.281 e. The summed E-state index contributed by atoms with van der Waals surface area (Å²) >= 11 is 1.41. The van der Waals surface area contributed by atoms with Gasteiger partial charge in [-0.3, -0.25) is 14.5 Å². The number of hydrogen-bond donors (Lipinski definition) is 0. The van der Waals surface area contributed by atoms with Crippen molar-refractivity contribution in [3.05, 3.63) is 94.4 Å². The third-order valence-corrected chi connectivity index (χ3v) is 6.65. The van der Waals surface area contributed by atoms with Gasteiger partial charge in [0.2, 0.25) is 0 Å². The van der Waals surface area contributed by atoms with E-state index in [2.05, 4.69) is 5.10 Å². The van der Waals surface area contributed by atoms with Crippen molar-refractivity contribution < 1.29 is 9.53 Å². The minimum absolute atomic E-state index is 0.212. The van der Waals surface area contributed by atoms with Crippen molar-refractivity contribution in [1.29, 1.82) is 0 Å². The quantitative estimate of drug-likeness (QED) is 0.353. The normalized spacial score (nSPS) is 11.1. The van der Waals surface area contributed by atoms with E-state index in [1.165, 1.54) is 16.0 Å². The number of fused-ring (bicyclic) bond motifs is 2. The number of hydrogen-bond acceptors (Lipinski definition) is 6. The molecule has 170 valence electrons. The molecular weight excluding hydrogens is 448 g/mol. The third kappa shape index (κ3) is 3.92. The summed E-state index contributed by atoms with van der Waals surface area (Å²) in [6, 6.07) is 22.5. The monoisotopic (exact) mass is 470 g/mol. The molecule has 0 radical (unpaired) electrons. The summed E-state index contributed by atoms with van der Waals surface area (Å²) in [6.07, 6.45) is 0. The van der Waals surface area contributed by atoms with Gasteiger partial charge in [0.1, 0.15) is 5.75 Å². The van der Waals surface area contributed by atoms with Gasteiger partial charge in [0, 0.05) is 11.9 Å². The molecular formula is C26H22N4O3S. The predicted octanol–water partition coefficient (Wildman–Crippen LogP) is 4.88. The Bertz CT molecular complexity index is 1560. The van der Waals surface area contributed by atoms with Gasteiger partial charge in [0.05, 0.1) is 29.3 Å². The Labute approximate surface area is 199 Å². The lowest BCUT2D eigenvalue weighted by atomic mass is 10.1. The van der Waals surface area contributed by atoms with Crippen LogP contribution in [0, 0.1) is 0 Å². The summed E-state index contributed by atoms with van der Waals surface area (Å²) < 4.78 is 7.59. The molecule has 0 atom stereocenters. The summed E-state index contributed by atoms with van der Waals surface area (Å²) in [5.74, 6) is 0.416. The van der Waals surface area contributed by atoms with Crippen molar-refractivity contribution in [2.75, 3.05) is 12.0 Å². The minimum atomic E-state index is -0.312. The zero-order valence-electron chi connectivity index (χ0n) is 18.8. The van der Waals surface area contributed by atoms with Gasteiger partial charge in [0.25, 0.3) is 11.5 Å². The molecule has 0 aliphatic heterocycles. The molecule has 0 spiro atoms. The average Bonchev–Trinajstić information content (AvgIpc) is 3.31. The lowest BCUT2D eigenvalue weighted by Gasteiger charge is -2.21. The Balaban J connectivity index is 1.68. The molecule has 0 fully saturated rings. The Morgan fingerprint density at radius 3 is 2.50 bits per heavy atom. The van der Waals surface area contributed by atoms with Gasteiger partial charge in [-0.15, -0.1) is 0 Å². The van der Waals surface area contributed by atoms with Gasteiger partial charge in [-0.2, -0.15) is 5.10 Å². The number of ether oxygens (including phenoxy) is 1. The molecule has 0 aliphatic rings. The highest BCUT2D eigenvalue weighted by atomic mass is 32.1. The van der Waals surface area contributed by atoms with Crippen molar-refractivity contribution in [2.24, 2.45) is 0 Å². The van der Waals surface area contributed by atoms with Gasteiger partial charge >= 0.3 is 0 Å². The molecule has 0 N–H and O–H groups in total. The van der Waals surface area contributed by atoms with Crippen LogP contribution in [0.2, 0.25) is 0 Å². The third-order valence-electron chi connectivity index (χ3n) is 5.61. The molecule has 0 saturated carbocycles. The van der Waals surface area contributed by atoms with Crippen LogP contribution in [0.5, 0.6) is 5.75 Å². The summed E-state index contributed by atoms with van der Waals surface area (Å²) in [5, 5.41) is 6.01. The number of benzene rings is 3. The van der Waals surface area contributed by atoms with E-state index in [1.807, 2.05) is 61.5 Å². The second-order valence-corrected chi connectivity index (χ2v) is 8.73. The second-order valence-electron chi connectivity index (χ2n) is 7.72. The van der Waals surface area contributed by atoms with Crippen LogP contribution in [0.15, 0.2) is 77.6 Å². The first kappa shape index (κ1) is 21.8. The van der Waals surface area contributed by atoms with Crippen LogP contribution in [-0.2, 0) is 13.1 Å². The maximum absolute atomic E-state index is 14.0. The van der Waals surface area contributed by atoms with Crippen LogP contribution in [-0.4, -0.2) is 27.8 Å². The Morgan fingerprint density at radius 2 is 1.76 bits per heavy atom. The van der Waals surface area contributed by atoms with Gasteiger partial charge in [-0.25, -0.2) is 9.67 Å². The Morgan fingerprint density at radius 1 is 1.03 bits per heavy atom. The first-order chi connectivity index (χ1) is 16.6. The van der Waals surface area contributed by atoms with Gasteiger partial charge in [-0.1, -0.05) is 59.9 Å². The van der Waals surface area contributed by atoms with Crippen LogP contribution in [0.25, 0.3) is 21.0 Å². The molecule has 7 nitrogen and oxygen atoms in total. The summed E-state index contributed by atoms with van der Waals surface area (Å²) in [7, 11) is 1.62. The van der Waals surface area contributed by atoms with E-state index in [0.29, 0.717) is 29.0 Å². The smallest absolute Gasteiger partial charge is 0.281 e. The fourth-order valence-electron chi connectivity index (χ4n) is 3.86. The minimum Gasteiger partial charge on any atom is -0.497 e. The van der Waals surface area contributed by atoms with Crippen molar-refractivity contribution in [3.8, 4) is 5.75 Å². The number of nitrogens with zero attached hydrogens (tertiary/aromatic N) is 4. The largest absolute Gasteiger partial charge is 0.497 e. The molecule has 3 aromatic carbocycles. The van der Waals surface area contributed by atoms with Crippen molar-refractivity contribution in [2.45, 2.75) is 20.0 Å². The van der Waals surface area contributed by atoms with Gasteiger partial charge in [0.15, 0.2) is 10.8 Å². The molecule has 5 rings (SSSR count). The highest BCUT2D eigenvalue weighted by Gasteiger charge is 2.26. The summed E-state index contributed by atoms with van der Waals surface area (Å²) in [6.45, 7) is 2.52. The number of methoxy groups -OCH3 is 1. The predicted molar refractivity (Wildman–Crippen MR) is 135 cm³/mol. The molecule has 0 aliphatic carbocycles. The number of amides is 1. The zero-order chi connectivity index (χ0) is 23.7. The first-order valence-electron chi connectivity index (χ1n) is 10.9. The summed E-state index contributed by atoms with van der Waals surface area (Å²) in [5.41, 5.74) is 1.75. The fourth-order valence-corrected chi connectivity index (χ4v) is 4.85. The van der Waals surface area contributed by atoms with Crippen LogP contribution in [0.3, 0.4) is 0 Å². The standard InChI is InChI=1S/C26H22N4O3S/c1-3-30-24(31)20-12-8-7-11-19(20)23(28-30)25(32)29(16-17-9-5-4-6-10-17)26-27-21-14-13-18(33-2)15-22(21)34-26/h4-15H,3,16H2,1-2H3. The Kier molecular flexibility index (Phi) is 5.81. The van der Waals surface area contributed by atoms with Crippen LogP contribution < -0.4 is 15.2 Å². The van der Waals surface area contributed by atoms with Crippen molar-refractivity contribution in [1.82, 2.24) is 14.8 Å². The number of aromatic nitrogens is 3. The van der Waals surface area contributed by atoms with E-state index < -0.39 is 0 Å². The van der Waals surface area contributed by atoms with Crippen molar-refractivity contribution in [3.63, 3.8) is 0 Å². The van der Waals surface area contributed by atoms with Crippen LogP contribution in [0.4, 0.5) is 5.13 Å². The van der Waals surface area contributed by atoms with E-state index in [1.54, 1.807) is 30.2 Å². The topological polar surface area (TPSA) is 77.3 Å². The molecule has 34 heavy (non-hydrogen) atoms. The van der Waals surface area contributed by atoms with Gasteiger partial charge in [-0.05, 0) is 36.8 Å². The highest BCUT2D eigenvalue weighted by Crippen LogP contribution is 2.33. The lowest BCUT2D eigenvalue weighted by molar-refractivity contribution is 0.0980. The average molecular weight is 471 g/mol. The molecule has 2 aromatic heterocycles. The lowest BCUT2D eigenvalue weighted by Crippen LogP contribution is -2.34. The highest BCUT2D eigenvalue weighted by molar-refractivity contribution is 7.22. The molecule has 5 aromatic rings. The number of anilines is 1. The summed E-state index contributed by atoms with van der Waals surface area (Å²) in [4.78, 5) is 33.2. The molecule has 0 bridgehead atoms. The number of aryl methyl sites for hydroxylation is 1. The van der Waals surface area contributed by atoms with Crippen LogP contribution in [0.1, 0.15) is 23.0 Å². The van der Waals surface area contributed by atoms with Gasteiger partial charge < -0.3 is 4.74 Å². The van der Waals surface area contributed by atoms with E-state index >= 15 is 0 Å². The maximum atomic E-state index is 14.0. The van der Waals surface area contributed by atoms with E-state index in [0.717, 1.165) is 21.5 Å². The number of thiazole rings is 1. The van der Waals surface area contributed by atoms with Crippen molar-refractivity contribution >= 4 is 43.4 Å². The molecule has 2 heterocycles. The molecule has 0 unspecified atom stereocenters. The fraction of sp³-hybridized carbons (Fsp3) is 0.154. The second kappa shape index (κ2) is 9.07. The first-order valence-corrected chi connectivity index (χ1v) is 11.7. The number of rotatable bonds is 6. The Hall–Kier alpha value is -4.04. The van der Waals surface area contributed by atoms with E-state index in [9.17, 15) is 9.59 Å². The SMILES string of the molecule is CCn1nc(C(=O)N(Cc2ccccc2)c2nc3ccc(OC)cc3s2)c2ccccc2c1=O. The van der Waals surface area contributed by atoms with E-state index in [-0.39, 0.29) is 17.2 Å². The van der Waals surface area contributed by atoms with E-state index in [4.69, 9.17) is 9.72 Å². The zero-order valence-corrected chi connectivity index (χ0v) is 19.6. The molecule has 1 amide bonds.